The number of carbonyl (C=O) groups excluding carboxylic acids is 1. The summed E-state index contributed by atoms with van der Waals surface area (Å²) in [5.74, 6) is 1.26. The summed E-state index contributed by atoms with van der Waals surface area (Å²) in [5.41, 5.74) is 1.18. The van der Waals surface area contributed by atoms with E-state index >= 15 is 0 Å². The molecule has 0 aromatic heterocycles. The Kier molecular flexibility index (Phi) is 16.9. The SMILES string of the molecule is CCCCC[C@@H](/C=C/[C@H]1[C@H](O[Si](CC)(CC)CC)CC(=O)[C@@H]1Cc1cccc(OCCCC)c1)O[Si](CC)(CC)CC. The van der Waals surface area contributed by atoms with Gasteiger partial charge in [0.15, 0.2) is 16.6 Å². The highest BCUT2D eigenvalue weighted by Crippen LogP contribution is 2.39. The van der Waals surface area contributed by atoms with Gasteiger partial charge < -0.3 is 13.6 Å². The van der Waals surface area contributed by atoms with Crippen molar-refractivity contribution in [3.05, 3.63) is 42.0 Å². The van der Waals surface area contributed by atoms with Crippen LogP contribution < -0.4 is 4.74 Å². The van der Waals surface area contributed by atoms with E-state index in [1.807, 2.05) is 6.07 Å². The number of benzene rings is 1. The smallest absolute Gasteiger partial charge is 0.192 e. The summed E-state index contributed by atoms with van der Waals surface area (Å²) >= 11 is 0. The molecule has 240 valence electrons. The van der Waals surface area contributed by atoms with Crippen LogP contribution in [0.25, 0.3) is 0 Å². The number of Topliss-reactive ketones (excluding diaryl/α,β-unsaturated/α-hetero) is 1. The van der Waals surface area contributed by atoms with Crippen LogP contribution in [0.3, 0.4) is 0 Å². The molecular weight excluding hydrogens is 553 g/mol. The van der Waals surface area contributed by atoms with E-state index in [0.717, 1.165) is 74.3 Å². The molecule has 0 heterocycles. The molecule has 1 aliphatic rings. The third-order valence-corrected chi connectivity index (χ3v) is 19.5. The average Bonchev–Trinajstić information content (AvgIpc) is 3.30. The molecule has 2 rings (SSSR count). The highest BCUT2D eigenvalue weighted by Gasteiger charge is 2.45. The highest BCUT2D eigenvalue weighted by molar-refractivity contribution is 6.74. The van der Waals surface area contributed by atoms with Crippen molar-refractivity contribution in [2.75, 3.05) is 6.61 Å². The van der Waals surface area contributed by atoms with Gasteiger partial charge in [-0.2, -0.15) is 0 Å². The summed E-state index contributed by atoms with van der Waals surface area (Å²) in [5, 5.41) is 0. The number of hydrogen-bond acceptors (Lipinski definition) is 4. The van der Waals surface area contributed by atoms with Crippen molar-refractivity contribution in [2.45, 2.75) is 155 Å². The third-order valence-electron chi connectivity index (χ3n) is 10.1. The van der Waals surface area contributed by atoms with Gasteiger partial charge in [0.25, 0.3) is 0 Å². The van der Waals surface area contributed by atoms with E-state index < -0.39 is 16.6 Å². The summed E-state index contributed by atoms with van der Waals surface area (Å²) in [6, 6.07) is 15.2. The first-order chi connectivity index (χ1) is 20.3. The molecule has 0 radical (unpaired) electrons. The summed E-state index contributed by atoms with van der Waals surface area (Å²) < 4.78 is 20.2. The zero-order chi connectivity index (χ0) is 31.0. The second kappa shape index (κ2) is 19.2. The molecule has 4 atom stereocenters. The second-order valence-corrected chi connectivity index (χ2v) is 22.0. The van der Waals surface area contributed by atoms with Gasteiger partial charge in [0.1, 0.15) is 11.5 Å². The van der Waals surface area contributed by atoms with Gasteiger partial charge in [0, 0.05) is 18.3 Å². The van der Waals surface area contributed by atoms with Crippen LogP contribution in [0, 0.1) is 11.8 Å². The van der Waals surface area contributed by atoms with Crippen molar-refractivity contribution in [3.8, 4) is 5.75 Å². The van der Waals surface area contributed by atoms with E-state index in [0.29, 0.717) is 12.2 Å². The fourth-order valence-electron chi connectivity index (χ4n) is 6.62. The number of rotatable bonds is 22. The van der Waals surface area contributed by atoms with Crippen LogP contribution in [0.2, 0.25) is 36.3 Å². The van der Waals surface area contributed by atoms with Crippen LogP contribution in [0.4, 0.5) is 0 Å². The van der Waals surface area contributed by atoms with E-state index in [9.17, 15) is 4.79 Å². The Morgan fingerprint density at radius 2 is 1.50 bits per heavy atom. The third kappa shape index (κ3) is 10.7. The van der Waals surface area contributed by atoms with Crippen LogP contribution in [-0.2, 0) is 20.1 Å². The lowest BCUT2D eigenvalue weighted by molar-refractivity contribution is -0.121. The van der Waals surface area contributed by atoms with Gasteiger partial charge in [-0.3, -0.25) is 4.79 Å². The lowest BCUT2D eigenvalue weighted by atomic mass is 9.87. The maximum atomic E-state index is 13.7. The zero-order valence-corrected chi connectivity index (χ0v) is 30.5. The zero-order valence-electron chi connectivity index (χ0n) is 28.5. The molecule has 1 saturated carbocycles. The van der Waals surface area contributed by atoms with E-state index in [1.165, 1.54) is 24.8 Å². The number of hydrogen-bond donors (Lipinski definition) is 0. The van der Waals surface area contributed by atoms with Gasteiger partial charge >= 0.3 is 0 Å². The number of ether oxygens (including phenoxy) is 1. The summed E-state index contributed by atoms with van der Waals surface area (Å²) in [4.78, 5) is 13.7. The average molecular weight is 617 g/mol. The largest absolute Gasteiger partial charge is 0.494 e. The van der Waals surface area contributed by atoms with Crippen molar-refractivity contribution >= 4 is 22.4 Å². The first-order valence-electron chi connectivity index (χ1n) is 17.6. The molecular formula is C36H64O4Si2. The van der Waals surface area contributed by atoms with Gasteiger partial charge in [-0.1, -0.05) is 105 Å². The van der Waals surface area contributed by atoms with E-state index in [-0.39, 0.29) is 24.0 Å². The van der Waals surface area contributed by atoms with Crippen LogP contribution in [-0.4, -0.2) is 41.2 Å². The Morgan fingerprint density at radius 3 is 2.10 bits per heavy atom. The van der Waals surface area contributed by atoms with Crippen LogP contribution in [0.15, 0.2) is 36.4 Å². The van der Waals surface area contributed by atoms with Crippen molar-refractivity contribution in [1.82, 2.24) is 0 Å². The lowest BCUT2D eigenvalue weighted by Crippen LogP contribution is -2.41. The standard InChI is InChI=1S/C36H64O4Si2/c1-9-17-19-22-31(39-41(11-3,12-4)13-5)24-25-33-34(28-30-21-20-23-32(27-30)38-26-18-10-2)35(37)29-36(33)40-42(14-6,15-7)16-8/h20-21,23-25,27,31,33-34,36H,9-19,22,26,28-29H2,1-8H3/b25-24+/t31-,33+,34+,36+/m0/s1. The molecule has 1 aromatic carbocycles. The molecule has 1 aliphatic carbocycles. The predicted molar refractivity (Wildman–Crippen MR) is 185 cm³/mol. The van der Waals surface area contributed by atoms with Gasteiger partial charge in [0.05, 0.1) is 18.8 Å². The normalized spacial score (nSPS) is 20.5. The topological polar surface area (TPSA) is 44.8 Å². The van der Waals surface area contributed by atoms with Gasteiger partial charge in [-0.15, -0.1) is 0 Å². The minimum absolute atomic E-state index is 0.0314. The maximum Gasteiger partial charge on any atom is 0.192 e. The van der Waals surface area contributed by atoms with Crippen molar-refractivity contribution in [1.29, 1.82) is 0 Å². The first kappa shape index (κ1) is 37.0. The Hall–Kier alpha value is -1.22. The lowest BCUT2D eigenvalue weighted by Gasteiger charge is -2.35. The maximum absolute atomic E-state index is 13.7. The van der Waals surface area contributed by atoms with Crippen molar-refractivity contribution in [3.63, 3.8) is 0 Å². The van der Waals surface area contributed by atoms with Crippen LogP contribution >= 0.6 is 0 Å². The minimum Gasteiger partial charge on any atom is -0.494 e. The molecule has 4 nitrogen and oxygen atoms in total. The van der Waals surface area contributed by atoms with Crippen LogP contribution in [0.5, 0.6) is 5.75 Å². The molecule has 0 N–H and O–H groups in total. The Morgan fingerprint density at radius 1 is 0.857 bits per heavy atom. The monoisotopic (exact) mass is 616 g/mol. The quantitative estimate of drug-likeness (QED) is 0.0738. The Bertz CT molecular complexity index is 908. The highest BCUT2D eigenvalue weighted by atomic mass is 28.4. The van der Waals surface area contributed by atoms with Crippen molar-refractivity contribution in [2.24, 2.45) is 11.8 Å². The molecule has 42 heavy (non-hydrogen) atoms. The van der Waals surface area contributed by atoms with E-state index in [2.05, 4.69) is 85.7 Å². The predicted octanol–water partition coefficient (Wildman–Crippen LogP) is 10.5. The molecule has 0 amide bonds. The molecule has 1 aromatic rings. The molecule has 0 aliphatic heterocycles. The Labute approximate surface area is 261 Å². The number of unbranched alkanes of at least 4 members (excludes halogenated alkanes) is 3. The molecule has 0 saturated heterocycles. The fraction of sp³-hybridized carbons (Fsp3) is 0.750. The van der Waals surface area contributed by atoms with Gasteiger partial charge in [-0.05, 0) is 73.2 Å². The summed E-state index contributed by atoms with van der Waals surface area (Å²) in [6.07, 6.45) is 12.9. The molecule has 6 heteroatoms. The fourth-order valence-corrected chi connectivity index (χ4v) is 12.3. The molecule has 0 bridgehead atoms. The first-order valence-corrected chi connectivity index (χ1v) is 22.6. The van der Waals surface area contributed by atoms with Crippen molar-refractivity contribution < 1.29 is 18.4 Å². The Balaban J connectivity index is 2.41. The second-order valence-electron chi connectivity index (χ2n) is 12.6. The minimum atomic E-state index is -1.87. The van der Waals surface area contributed by atoms with Gasteiger partial charge in [0.2, 0.25) is 0 Å². The molecule has 0 unspecified atom stereocenters. The molecule has 0 spiro atoms. The van der Waals surface area contributed by atoms with E-state index in [4.69, 9.17) is 13.6 Å². The number of ketones is 1. The van der Waals surface area contributed by atoms with Gasteiger partial charge in [-0.25, -0.2) is 0 Å². The van der Waals surface area contributed by atoms with E-state index in [1.54, 1.807) is 0 Å². The molecule has 1 fully saturated rings. The number of carbonyl (C=O) groups is 1. The summed E-state index contributed by atoms with van der Waals surface area (Å²) in [7, 11) is -3.63. The van der Waals surface area contributed by atoms with Crippen LogP contribution in [0.1, 0.15) is 106 Å². The summed E-state index contributed by atoms with van der Waals surface area (Å²) in [6.45, 7) is 19.0.